The topological polar surface area (TPSA) is 49.8 Å². The first-order valence-electron chi connectivity index (χ1n) is 7.59. The summed E-state index contributed by atoms with van der Waals surface area (Å²) in [7, 11) is 1.62. The van der Waals surface area contributed by atoms with Crippen LogP contribution in [0.25, 0.3) is 0 Å². The highest BCUT2D eigenvalue weighted by Crippen LogP contribution is 2.29. The molecule has 1 amide bonds. The molecule has 4 heteroatoms. The van der Waals surface area contributed by atoms with Crippen LogP contribution in [0.15, 0.2) is 30.3 Å². The Hall–Kier alpha value is -1.39. The lowest BCUT2D eigenvalue weighted by Gasteiger charge is -2.30. The molecular weight excluding hydrogens is 266 g/mol. The second kappa shape index (κ2) is 9.53. The van der Waals surface area contributed by atoms with Gasteiger partial charge in [0.05, 0.1) is 19.1 Å². The number of carbonyl (C=O) groups is 1. The van der Waals surface area contributed by atoms with Gasteiger partial charge in [-0.1, -0.05) is 50.6 Å². The van der Waals surface area contributed by atoms with Gasteiger partial charge in [0, 0.05) is 20.2 Å². The normalized spacial score (nSPS) is 13.7. The van der Waals surface area contributed by atoms with Gasteiger partial charge >= 0.3 is 0 Å². The molecule has 118 valence electrons. The summed E-state index contributed by atoms with van der Waals surface area (Å²) in [5.74, 6) is 0.157. The van der Waals surface area contributed by atoms with Crippen LogP contribution in [0.2, 0.25) is 0 Å². The first kappa shape index (κ1) is 17.7. The third kappa shape index (κ3) is 5.14. The molecule has 4 nitrogen and oxygen atoms in total. The molecule has 0 aliphatic heterocycles. The van der Waals surface area contributed by atoms with Crippen molar-refractivity contribution in [2.75, 3.05) is 33.4 Å². The van der Waals surface area contributed by atoms with E-state index in [0.29, 0.717) is 19.7 Å². The van der Waals surface area contributed by atoms with Crippen molar-refractivity contribution in [3.8, 4) is 0 Å². The Morgan fingerprint density at radius 1 is 1.29 bits per heavy atom. The summed E-state index contributed by atoms with van der Waals surface area (Å²) in [6.07, 6.45) is 0.933. The summed E-state index contributed by atoms with van der Waals surface area (Å²) in [5.41, 5.74) is 1.04. The van der Waals surface area contributed by atoms with Crippen LogP contribution in [0.4, 0.5) is 0 Å². The lowest BCUT2D eigenvalue weighted by molar-refractivity contribution is -0.135. The van der Waals surface area contributed by atoms with Crippen LogP contribution in [0.3, 0.4) is 0 Å². The lowest BCUT2D eigenvalue weighted by Crippen LogP contribution is -2.41. The number of carbonyl (C=O) groups excluding carboxylic acids is 1. The smallest absolute Gasteiger partial charge is 0.230 e. The average Bonchev–Trinajstić information content (AvgIpc) is 2.52. The number of methoxy groups -OCH3 is 1. The van der Waals surface area contributed by atoms with Crippen molar-refractivity contribution in [1.29, 1.82) is 0 Å². The first-order valence-corrected chi connectivity index (χ1v) is 7.59. The van der Waals surface area contributed by atoms with Crippen LogP contribution in [0, 0.1) is 5.92 Å². The molecule has 0 saturated heterocycles. The van der Waals surface area contributed by atoms with E-state index in [1.165, 1.54) is 0 Å². The maximum absolute atomic E-state index is 12.9. The van der Waals surface area contributed by atoms with Crippen molar-refractivity contribution in [2.45, 2.75) is 26.2 Å². The van der Waals surface area contributed by atoms with E-state index in [2.05, 4.69) is 13.8 Å². The molecule has 0 aliphatic carbocycles. The molecule has 0 radical (unpaired) electrons. The molecule has 2 unspecified atom stereocenters. The number of rotatable bonds is 9. The van der Waals surface area contributed by atoms with Crippen LogP contribution < -0.4 is 0 Å². The van der Waals surface area contributed by atoms with Gasteiger partial charge < -0.3 is 14.7 Å². The Morgan fingerprint density at radius 2 is 1.95 bits per heavy atom. The van der Waals surface area contributed by atoms with Crippen molar-refractivity contribution >= 4 is 5.91 Å². The zero-order valence-electron chi connectivity index (χ0n) is 13.3. The monoisotopic (exact) mass is 293 g/mol. The number of aliphatic hydroxyl groups excluding tert-OH is 1. The summed E-state index contributed by atoms with van der Waals surface area (Å²) in [4.78, 5) is 14.6. The lowest BCUT2D eigenvalue weighted by atomic mass is 9.84. The fourth-order valence-corrected chi connectivity index (χ4v) is 2.46. The Bertz CT molecular complexity index is 408. The maximum atomic E-state index is 12.9. The van der Waals surface area contributed by atoms with Gasteiger partial charge in [0.2, 0.25) is 5.91 Å². The predicted molar refractivity (Wildman–Crippen MR) is 84.2 cm³/mol. The highest BCUT2D eigenvalue weighted by molar-refractivity contribution is 5.84. The zero-order chi connectivity index (χ0) is 15.7. The van der Waals surface area contributed by atoms with Crippen molar-refractivity contribution in [2.24, 2.45) is 5.92 Å². The van der Waals surface area contributed by atoms with Gasteiger partial charge in [-0.3, -0.25) is 4.79 Å². The van der Waals surface area contributed by atoms with Gasteiger partial charge in [-0.05, 0) is 11.5 Å². The van der Waals surface area contributed by atoms with Gasteiger partial charge in [-0.2, -0.15) is 0 Å². The van der Waals surface area contributed by atoms with Crippen LogP contribution >= 0.6 is 0 Å². The summed E-state index contributed by atoms with van der Waals surface area (Å²) < 4.78 is 5.07. The van der Waals surface area contributed by atoms with Crippen LogP contribution in [-0.2, 0) is 9.53 Å². The SMILES string of the molecule is CCC(C)C(C(=O)N(CCO)CCOC)c1ccccc1. The highest BCUT2D eigenvalue weighted by Gasteiger charge is 2.29. The average molecular weight is 293 g/mol. The van der Waals surface area contributed by atoms with E-state index >= 15 is 0 Å². The Kier molecular flexibility index (Phi) is 8.01. The van der Waals surface area contributed by atoms with E-state index in [9.17, 15) is 9.90 Å². The molecule has 1 N–H and O–H groups in total. The minimum absolute atomic E-state index is 0.0303. The Morgan fingerprint density at radius 3 is 2.48 bits per heavy atom. The standard InChI is InChI=1S/C17H27NO3/c1-4-14(2)16(15-8-6-5-7-9-15)17(20)18(10-12-19)11-13-21-3/h5-9,14,16,19H,4,10-13H2,1-3H3. The first-order chi connectivity index (χ1) is 10.2. The molecule has 2 atom stereocenters. The minimum Gasteiger partial charge on any atom is -0.395 e. The number of ether oxygens (including phenoxy) is 1. The van der Waals surface area contributed by atoms with Crippen LogP contribution in [0.1, 0.15) is 31.7 Å². The third-order valence-corrected chi connectivity index (χ3v) is 3.88. The van der Waals surface area contributed by atoms with Crippen LogP contribution in [-0.4, -0.2) is 49.3 Å². The Labute approximate surface area is 127 Å². The van der Waals surface area contributed by atoms with Gasteiger partial charge in [0.25, 0.3) is 0 Å². The van der Waals surface area contributed by atoms with Gasteiger partial charge in [-0.15, -0.1) is 0 Å². The molecule has 0 fully saturated rings. The van der Waals surface area contributed by atoms with Crippen molar-refractivity contribution in [3.63, 3.8) is 0 Å². The second-order valence-corrected chi connectivity index (χ2v) is 5.32. The number of benzene rings is 1. The fraction of sp³-hybridized carbons (Fsp3) is 0.588. The molecule has 1 rings (SSSR count). The molecule has 0 aliphatic rings. The molecule has 0 aromatic heterocycles. The summed E-state index contributed by atoms with van der Waals surface area (Å²) >= 11 is 0. The number of hydrogen-bond donors (Lipinski definition) is 1. The van der Waals surface area contributed by atoms with E-state index in [4.69, 9.17) is 4.74 Å². The highest BCUT2D eigenvalue weighted by atomic mass is 16.5. The van der Waals surface area contributed by atoms with E-state index < -0.39 is 0 Å². The second-order valence-electron chi connectivity index (χ2n) is 5.32. The molecule has 0 saturated carbocycles. The van der Waals surface area contributed by atoms with E-state index in [0.717, 1.165) is 12.0 Å². The molecule has 21 heavy (non-hydrogen) atoms. The van der Waals surface area contributed by atoms with Gasteiger partial charge in [-0.25, -0.2) is 0 Å². The predicted octanol–water partition coefficient (Wildman–Crippen LogP) is 2.28. The van der Waals surface area contributed by atoms with Crippen molar-refractivity contribution < 1.29 is 14.6 Å². The number of hydrogen-bond acceptors (Lipinski definition) is 3. The largest absolute Gasteiger partial charge is 0.395 e. The number of nitrogens with zero attached hydrogens (tertiary/aromatic N) is 1. The van der Waals surface area contributed by atoms with Gasteiger partial charge in [0.15, 0.2) is 0 Å². The van der Waals surface area contributed by atoms with Crippen molar-refractivity contribution in [1.82, 2.24) is 4.90 Å². The molecule has 1 aromatic carbocycles. The van der Waals surface area contributed by atoms with Gasteiger partial charge in [0.1, 0.15) is 0 Å². The van der Waals surface area contributed by atoms with E-state index in [-0.39, 0.29) is 24.3 Å². The quantitative estimate of drug-likeness (QED) is 0.760. The summed E-state index contributed by atoms with van der Waals surface area (Å²) in [5, 5.41) is 9.20. The molecular formula is C17H27NO3. The third-order valence-electron chi connectivity index (χ3n) is 3.88. The summed E-state index contributed by atoms with van der Waals surface area (Å²) in [6.45, 7) is 5.51. The minimum atomic E-state index is -0.167. The molecule has 0 heterocycles. The van der Waals surface area contributed by atoms with Crippen molar-refractivity contribution in [3.05, 3.63) is 35.9 Å². The van der Waals surface area contributed by atoms with E-state index in [1.54, 1.807) is 12.0 Å². The molecule has 0 bridgehead atoms. The summed E-state index contributed by atoms with van der Waals surface area (Å²) in [6, 6.07) is 9.88. The fourth-order valence-electron chi connectivity index (χ4n) is 2.46. The molecule has 0 spiro atoms. The van der Waals surface area contributed by atoms with Crippen LogP contribution in [0.5, 0.6) is 0 Å². The maximum Gasteiger partial charge on any atom is 0.230 e. The zero-order valence-corrected chi connectivity index (χ0v) is 13.3. The molecule has 1 aromatic rings. The number of aliphatic hydroxyl groups is 1. The number of amides is 1. The van der Waals surface area contributed by atoms with E-state index in [1.807, 2.05) is 30.3 Å². The Balaban J connectivity index is 2.97.